The van der Waals surface area contributed by atoms with Gasteiger partial charge in [0, 0.05) is 18.0 Å². The third-order valence-electron chi connectivity index (χ3n) is 5.65. The Labute approximate surface area is 177 Å². The fourth-order valence-corrected chi connectivity index (χ4v) is 5.47. The lowest BCUT2D eigenvalue weighted by atomic mass is 9.83. The van der Waals surface area contributed by atoms with Crippen LogP contribution in [-0.4, -0.2) is 20.9 Å². The van der Waals surface area contributed by atoms with E-state index in [2.05, 4.69) is 29.6 Å². The van der Waals surface area contributed by atoms with Crippen molar-refractivity contribution in [1.29, 1.82) is 0 Å². The number of sulfone groups is 1. The first-order valence-electron chi connectivity index (χ1n) is 10.3. The first-order chi connectivity index (χ1) is 14.5. The molecule has 1 amide bonds. The highest BCUT2D eigenvalue weighted by molar-refractivity contribution is 7.90. The second-order valence-electron chi connectivity index (χ2n) is 7.77. The molecule has 4 rings (SSSR count). The molecule has 0 saturated heterocycles. The number of rotatable bonds is 6. The maximum absolute atomic E-state index is 12.7. The number of carbonyl (C=O) groups excluding carboxylic acids is 1. The second kappa shape index (κ2) is 8.84. The first-order valence-corrected chi connectivity index (χ1v) is 11.9. The molecule has 1 atom stereocenters. The normalized spacial score (nSPS) is 15.9. The molecule has 0 radical (unpaired) electrons. The minimum Gasteiger partial charge on any atom is -0.351 e. The number of fused-ring (bicyclic) bond motifs is 1. The van der Waals surface area contributed by atoms with E-state index in [0.29, 0.717) is 23.6 Å². The molecule has 1 aliphatic rings. The summed E-state index contributed by atoms with van der Waals surface area (Å²) in [5.41, 5.74) is 3.79. The molecule has 30 heavy (non-hydrogen) atoms. The van der Waals surface area contributed by atoms with Gasteiger partial charge in [-0.25, -0.2) is 8.42 Å². The van der Waals surface area contributed by atoms with Crippen molar-refractivity contribution in [2.24, 2.45) is 0 Å². The number of benzene rings is 3. The summed E-state index contributed by atoms with van der Waals surface area (Å²) >= 11 is 0. The van der Waals surface area contributed by atoms with Crippen molar-refractivity contribution in [2.75, 3.05) is 6.54 Å². The molecule has 0 aliphatic heterocycles. The molecule has 1 N–H and O–H groups in total. The lowest BCUT2D eigenvalue weighted by molar-refractivity contribution is 0.0950. The molecule has 154 valence electrons. The van der Waals surface area contributed by atoms with Crippen molar-refractivity contribution in [1.82, 2.24) is 5.32 Å². The first kappa shape index (κ1) is 20.4. The third kappa shape index (κ3) is 4.62. The van der Waals surface area contributed by atoms with Crippen molar-refractivity contribution < 1.29 is 13.2 Å². The van der Waals surface area contributed by atoms with Crippen LogP contribution in [0.5, 0.6) is 0 Å². The van der Waals surface area contributed by atoms with Crippen LogP contribution >= 0.6 is 0 Å². The van der Waals surface area contributed by atoms with Crippen LogP contribution in [0.3, 0.4) is 0 Å². The van der Waals surface area contributed by atoms with Crippen LogP contribution < -0.4 is 5.32 Å². The van der Waals surface area contributed by atoms with Gasteiger partial charge in [0.2, 0.25) is 0 Å². The number of carbonyl (C=O) groups is 1. The van der Waals surface area contributed by atoms with Crippen LogP contribution in [0.1, 0.15) is 45.8 Å². The fraction of sp³-hybridized carbons (Fsp3) is 0.240. The Hall–Kier alpha value is -2.92. The fourth-order valence-electron chi connectivity index (χ4n) is 4.12. The number of aryl methyl sites for hydroxylation is 1. The average molecular weight is 420 g/mol. The second-order valence-corrected chi connectivity index (χ2v) is 9.76. The smallest absolute Gasteiger partial charge is 0.251 e. The molecule has 1 aliphatic carbocycles. The van der Waals surface area contributed by atoms with Crippen LogP contribution in [0.25, 0.3) is 0 Å². The summed E-state index contributed by atoms with van der Waals surface area (Å²) in [4.78, 5) is 13.0. The van der Waals surface area contributed by atoms with Gasteiger partial charge in [0.1, 0.15) is 0 Å². The van der Waals surface area contributed by atoms with Gasteiger partial charge in [-0.1, -0.05) is 54.6 Å². The maximum atomic E-state index is 12.7. The maximum Gasteiger partial charge on any atom is 0.251 e. The lowest BCUT2D eigenvalue weighted by Crippen LogP contribution is -2.30. The third-order valence-corrected chi connectivity index (χ3v) is 7.35. The number of hydrogen-bond donors (Lipinski definition) is 1. The minimum absolute atomic E-state index is 0.131. The van der Waals surface area contributed by atoms with Crippen LogP contribution in [-0.2, 0) is 22.0 Å². The Morgan fingerprint density at radius 2 is 1.70 bits per heavy atom. The standard InChI is InChI=1S/C25H25NO3S/c27-25(26-17-22-12-7-10-20-9-4-5-15-24(20)22)21-11-6-8-19(16-21)18-30(28,29)23-13-2-1-3-14-23/h1-6,8-9,11,13-16,22H,7,10,12,17-18H2,(H,26,27). The van der Waals surface area contributed by atoms with Crippen molar-refractivity contribution in [3.63, 3.8) is 0 Å². The SMILES string of the molecule is O=C(NCC1CCCc2ccccc21)c1cccc(CS(=O)(=O)c2ccccc2)c1. The van der Waals surface area contributed by atoms with Gasteiger partial charge in [0.25, 0.3) is 5.91 Å². The summed E-state index contributed by atoms with van der Waals surface area (Å²) in [6.45, 7) is 0.586. The van der Waals surface area contributed by atoms with Crippen molar-refractivity contribution in [2.45, 2.75) is 35.8 Å². The summed E-state index contributed by atoms with van der Waals surface area (Å²) in [6, 6.07) is 23.7. The zero-order chi connectivity index (χ0) is 21.0. The monoisotopic (exact) mass is 419 g/mol. The molecule has 3 aromatic carbocycles. The van der Waals surface area contributed by atoms with E-state index in [1.165, 1.54) is 11.1 Å². The minimum atomic E-state index is -3.45. The number of nitrogens with one attached hydrogen (secondary N) is 1. The van der Waals surface area contributed by atoms with E-state index < -0.39 is 9.84 Å². The van der Waals surface area contributed by atoms with Gasteiger partial charge in [-0.2, -0.15) is 0 Å². The molecule has 0 fully saturated rings. The number of amides is 1. The highest BCUT2D eigenvalue weighted by atomic mass is 32.2. The average Bonchev–Trinajstić information content (AvgIpc) is 2.78. The van der Waals surface area contributed by atoms with Gasteiger partial charge >= 0.3 is 0 Å². The Kier molecular flexibility index (Phi) is 6.00. The van der Waals surface area contributed by atoms with Gasteiger partial charge in [0.05, 0.1) is 10.6 Å². The van der Waals surface area contributed by atoms with Gasteiger partial charge < -0.3 is 5.32 Å². The van der Waals surface area contributed by atoms with Gasteiger partial charge in [-0.05, 0) is 60.2 Å². The zero-order valence-electron chi connectivity index (χ0n) is 16.8. The van der Waals surface area contributed by atoms with E-state index in [-0.39, 0.29) is 16.6 Å². The van der Waals surface area contributed by atoms with E-state index in [0.717, 1.165) is 19.3 Å². The molecule has 1 unspecified atom stereocenters. The summed E-state index contributed by atoms with van der Waals surface area (Å²) in [5.74, 6) is 0.0197. The Morgan fingerprint density at radius 3 is 2.53 bits per heavy atom. The largest absolute Gasteiger partial charge is 0.351 e. The summed E-state index contributed by atoms with van der Waals surface area (Å²) in [6.07, 6.45) is 3.29. The van der Waals surface area contributed by atoms with Crippen LogP contribution in [0.15, 0.2) is 83.8 Å². The molecule has 4 nitrogen and oxygen atoms in total. The highest BCUT2D eigenvalue weighted by Gasteiger charge is 2.21. The van der Waals surface area contributed by atoms with E-state index in [4.69, 9.17) is 0 Å². The number of hydrogen-bond acceptors (Lipinski definition) is 3. The summed E-state index contributed by atoms with van der Waals surface area (Å²) in [7, 11) is -3.45. The lowest BCUT2D eigenvalue weighted by Gasteiger charge is -2.25. The topological polar surface area (TPSA) is 63.2 Å². The van der Waals surface area contributed by atoms with Gasteiger partial charge in [-0.15, -0.1) is 0 Å². The van der Waals surface area contributed by atoms with Gasteiger partial charge in [0.15, 0.2) is 9.84 Å². The molecule has 0 bridgehead atoms. The summed E-state index contributed by atoms with van der Waals surface area (Å²) in [5, 5.41) is 3.04. The zero-order valence-corrected chi connectivity index (χ0v) is 17.6. The van der Waals surface area contributed by atoms with E-state index in [9.17, 15) is 13.2 Å². The van der Waals surface area contributed by atoms with Crippen LogP contribution in [0, 0.1) is 0 Å². The molecule has 0 aromatic heterocycles. The Bertz CT molecular complexity index is 1140. The molecular weight excluding hydrogens is 394 g/mol. The molecule has 0 heterocycles. The predicted octanol–water partition coefficient (Wildman–Crippen LogP) is 4.51. The summed E-state index contributed by atoms with van der Waals surface area (Å²) < 4.78 is 25.3. The van der Waals surface area contributed by atoms with Crippen molar-refractivity contribution in [3.05, 3.63) is 101 Å². The Balaban J connectivity index is 1.44. The highest BCUT2D eigenvalue weighted by Crippen LogP contribution is 2.30. The molecule has 5 heteroatoms. The Morgan fingerprint density at radius 1 is 0.933 bits per heavy atom. The van der Waals surface area contributed by atoms with E-state index in [1.807, 2.05) is 0 Å². The molecule has 0 saturated carbocycles. The molecule has 3 aromatic rings. The van der Waals surface area contributed by atoms with E-state index in [1.54, 1.807) is 54.6 Å². The molecular formula is C25H25NO3S. The van der Waals surface area contributed by atoms with Crippen molar-refractivity contribution >= 4 is 15.7 Å². The quantitative estimate of drug-likeness (QED) is 0.639. The van der Waals surface area contributed by atoms with Gasteiger partial charge in [-0.3, -0.25) is 4.79 Å². The van der Waals surface area contributed by atoms with Crippen molar-refractivity contribution in [3.8, 4) is 0 Å². The molecule has 0 spiro atoms. The predicted molar refractivity (Wildman–Crippen MR) is 118 cm³/mol. The van der Waals surface area contributed by atoms with Crippen LogP contribution in [0.2, 0.25) is 0 Å². The van der Waals surface area contributed by atoms with E-state index >= 15 is 0 Å². The van der Waals surface area contributed by atoms with Crippen LogP contribution in [0.4, 0.5) is 0 Å².